The average molecular weight is 281 g/mol. The monoisotopic (exact) mass is 281 g/mol. The van der Waals surface area contributed by atoms with Crippen molar-refractivity contribution in [2.24, 2.45) is 5.41 Å². The lowest BCUT2D eigenvalue weighted by Crippen LogP contribution is -2.39. The van der Waals surface area contributed by atoms with Crippen molar-refractivity contribution >= 4 is 17.7 Å². The minimum absolute atomic E-state index is 0.0125. The van der Waals surface area contributed by atoms with Crippen molar-refractivity contribution in [1.29, 1.82) is 0 Å². The van der Waals surface area contributed by atoms with Crippen LogP contribution in [0.25, 0.3) is 0 Å². The van der Waals surface area contributed by atoms with E-state index < -0.39 is 0 Å². The van der Waals surface area contributed by atoms with E-state index in [1.165, 1.54) is 5.56 Å². The Hall–Kier alpha value is -0.900. The van der Waals surface area contributed by atoms with Crippen LogP contribution in [0.15, 0.2) is 10.5 Å². The van der Waals surface area contributed by atoms with Gasteiger partial charge in [-0.3, -0.25) is 4.79 Å². The molecular formula is C15H23NO2S. The Morgan fingerprint density at radius 3 is 2.89 bits per heavy atom. The molecule has 1 heterocycles. The van der Waals surface area contributed by atoms with Gasteiger partial charge in [-0.05, 0) is 38.0 Å². The smallest absolute Gasteiger partial charge is 0.233 e. The van der Waals surface area contributed by atoms with Crippen LogP contribution in [-0.2, 0) is 11.2 Å². The number of rotatable bonds is 3. The third kappa shape index (κ3) is 3.16. The SMILES string of the molecule is CS[C@@H](C)C(=O)N[C@@H]1CC(C)(C)Cc2oc(C)cc21. The first-order chi connectivity index (χ1) is 8.82. The van der Waals surface area contributed by atoms with Crippen molar-refractivity contribution in [3.63, 3.8) is 0 Å². The molecule has 0 fully saturated rings. The van der Waals surface area contributed by atoms with E-state index in [0.717, 1.165) is 24.4 Å². The summed E-state index contributed by atoms with van der Waals surface area (Å²) in [6.45, 7) is 8.36. The molecule has 0 aliphatic heterocycles. The number of amides is 1. The van der Waals surface area contributed by atoms with Crippen molar-refractivity contribution in [2.45, 2.75) is 51.8 Å². The zero-order valence-electron chi connectivity index (χ0n) is 12.4. The molecule has 1 aliphatic rings. The number of carbonyl (C=O) groups excluding carboxylic acids is 1. The fourth-order valence-electron chi connectivity index (χ4n) is 2.71. The second-order valence-electron chi connectivity index (χ2n) is 6.22. The van der Waals surface area contributed by atoms with Crippen LogP contribution >= 0.6 is 11.8 Å². The molecule has 1 amide bonds. The summed E-state index contributed by atoms with van der Waals surface area (Å²) in [5.41, 5.74) is 1.33. The summed E-state index contributed by atoms with van der Waals surface area (Å²) in [7, 11) is 0. The molecule has 1 N–H and O–H groups in total. The fraction of sp³-hybridized carbons (Fsp3) is 0.667. The molecule has 2 rings (SSSR count). The molecule has 4 heteroatoms. The standard InChI is InChI=1S/C15H23NO2S/c1-9-6-11-12(16-14(17)10(2)19-5)7-15(3,4)8-13(11)18-9/h6,10,12H,7-8H2,1-5H3,(H,16,17)/t10-,12+/m0/s1. The molecule has 0 radical (unpaired) electrons. The number of hydrogen-bond donors (Lipinski definition) is 1. The Morgan fingerprint density at radius 1 is 1.58 bits per heavy atom. The average Bonchev–Trinajstić information content (AvgIpc) is 2.66. The van der Waals surface area contributed by atoms with E-state index in [0.29, 0.717) is 0 Å². The van der Waals surface area contributed by atoms with Crippen LogP contribution in [0.5, 0.6) is 0 Å². The predicted molar refractivity (Wildman–Crippen MR) is 79.4 cm³/mol. The van der Waals surface area contributed by atoms with Crippen LogP contribution < -0.4 is 5.32 Å². The van der Waals surface area contributed by atoms with E-state index in [2.05, 4.69) is 25.2 Å². The molecule has 0 spiro atoms. The van der Waals surface area contributed by atoms with Crippen molar-refractivity contribution in [3.8, 4) is 0 Å². The third-order valence-electron chi connectivity index (χ3n) is 3.78. The maximum absolute atomic E-state index is 12.1. The van der Waals surface area contributed by atoms with Crippen molar-refractivity contribution in [1.82, 2.24) is 5.32 Å². The molecule has 106 valence electrons. The van der Waals surface area contributed by atoms with Crippen molar-refractivity contribution < 1.29 is 9.21 Å². The predicted octanol–water partition coefficient (Wildman–Crippen LogP) is 3.47. The van der Waals surface area contributed by atoms with E-state index in [9.17, 15) is 4.79 Å². The van der Waals surface area contributed by atoms with E-state index >= 15 is 0 Å². The van der Waals surface area contributed by atoms with Crippen molar-refractivity contribution in [2.75, 3.05) is 6.26 Å². The largest absolute Gasteiger partial charge is 0.466 e. The van der Waals surface area contributed by atoms with Gasteiger partial charge in [0.2, 0.25) is 5.91 Å². The molecule has 0 unspecified atom stereocenters. The van der Waals surface area contributed by atoms with Gasteiger partial charge in [0.15, 0.2) is 0 Å². The lowest BCUT2D eigenvalue weighted by molar-refractivity contribution is -0.121. The summed E-state index contributed by atoms with van der Waals surface area (Å²) >= 11 is 1.57. The summed E-state index contributed by atoms with van der Waals surface area (Å²) in [5, 5.41) is 3.16. The molecule has 0 saturated carbocycles. The normalized spacial score (nSPS) is 22.7. The van der Waals surface area contributed by atoms with E-state index in [-0.39, 0.29) is 22.6 Å². The minimum Gasteiger partial charge on any atom is -0.466 e. The van der Waals surface area contributed by atoms with E-state index in [1.807, 2.05) is 20.1 Å². The second kappa shape index (κ2) is 5.23. The molecule has 0 aromatic carbocycles. The molecular weight excluding hydrogens is 258 g/mol. The van der Waals surface area contributed by atoms with Crippen LogP contribution in [0.2, 0.25) is 0 Å². The van der Waals surface area contributed by atoms with Gasteiger partial charge in [0.25, 0.3) is 0 Å². The quantitative estimate of drug-likeness (QED) is 0.922. The first-order valence-electron chi connectivity index (χ1n) is 6.75. The zero-order chi connectivity index (χ0) is 14.2. The summed E-state index contributed by atoms with van der Waals surface area (Å²) in [5.74, 6) is 2.08. The maximum atomic E-state index is 12.1. The van der Waals surface area contributed by atoms with Gasteiger partial charge in [0.1, 0.15) is 11.5 Å². The number of aryl methyl sites for hydroxylation is 1. The maximum Gasteiger partial charge on any atom is 0.233 e. The molecule has 0 bridgehead atoms. The zero-order valence-corrected chi connectivity index (χ0v) is 13.2. The highest BCUT2D eigenvalue weighted by atomic mass is 32.2. The number of thioether (sulfide) groups is 1. The van der Waals surface area contributed by atoms with Gasteiger partial charge in [-0.15, -0.1) is 0 Å². The number of hydrogen-bond acceptors (Lipinski definition) is 3. The number of nitrogens with one attached hydrogen (secondary N) is 1. The second-order valence-corrected chi connectivity index (χ2v) is 7.40. The number of fused-ring (bicyclic) bond motifs is 1. The number of furan rings is 1. The molecule has 19 heavy (non-hydrogen) atoms. The highest BCUT2D eigenvalue weighted by Crippen LogP contribution is 2.42. The molecule has 1 aliphatic carbocycles. The molecule has 1 aromatic rings. The summed E-state index contributed by atoms with van der Waals surface area (Å²) in [6, 6.07) is 2.15. The van der Waals surface area contributed by atoms with Gasteiger partial charge in [0.05, 0.1) is 11.3 Å². The lowest BCUT2D eigenvalue weighted by Gasteiger charge is -2.35. The Morgan fingerprint density at radius 2 is 2.26 bits per heavy atom. The van der Waals surface area contributed by atoms with Gasteiger partial charge < -0.3 is 9.73 Å². The molecule has 2 atom stereocenters. The Bertz CT molecular complexity index is 478. The van der Waals surface area contributed by atoms with E-state index in [4.69, 9.17) is 4.42 Å². The summed E-state index contributed by atoms with van der Waals surface area (Å²) < 4.78 is 5.78. The van der Waals surface area contributed by atoms with Gasteiger partial charge in [0, 0.05) is 12.0 Å². The summed E-state index contributed by atoms with van der Waals surface area (Å²) in [6.07, 6.45) is 3.87. The highest BCUT2D eigenvalue weighted by molar-refractivity contribution is 7.99. The fourth-order valence-corrected chi connectivity index (χ4v) is 2.99. The molecule has 0 saturated heterocycles. The first kappa shape index (κ1) is 14.5. The van der Waals surface area contributed by atoms with Crippen LogP contribution in [0.4, 0.5) is 0 Å². The Balaban J connectivity index is 2.22. The van der Waals surface area contributed by atoms with Crippen molar-refractivity contribution in [3.05, 3.63) is 23.2 Å². The van der Waals surface area contributed by atoms with Crippen LogP contribution in [0.3, 0.4) is 0 Å². The summed E-state index contributed by atoms with van der Waals surface area (Å²) in [4.78, 5) is 12.1. The van der Waals surface area contributed by atoms with Crippen LogP contribution in [-0.4, -0.2) is 17.4 Å². The molecule has 1 aromatic heterocycles. The molecule has 3 nitrogen and oxygen atoms in total. The van der Waals surface area contributed by atoms with Gasteiger partial charge in [-0.2, -0.15) is 11.8 Å². The van der Waals surface area contributed by atoms with Gasteiger partial charge >= 0.3 is 0 Å². The topological polar surface area (TPSA) is 42.2 Å². The van der Waals surface area contributed by atoms with Crippen LogP contribution in [0, 0.1) is 12.3 Å². The Labute approximate surface area is 119 Å². The van der Waals surface area contributed by atoms with Crippen LogP contribution in [0.1, 0.15) is 50.3 Å². The first-order valence-corrected chi connectivity index (χ1v) is 8.03. The van der Waals surface area contributed by atoms with Gasteiger partial charge in [-0.25, -0.2) is 0 Å². The number of carbonyl (C=O) groups is 1. The third-order valence-corrected chi connectivity index (χ3v) is 4.70. The van der Waals surface area contributed by atoms with E-state index in [1.54, 1.807) is 11.8 Å². The minimum atomic E-state index is -0.0125. The lowest BCUT2D eigenvalue weighted by atomic mass is 9.74. The van der Waals surface area contributed by atoms with Gasteiger partial charge in [-0.1, -0.05) is 13.8 Å². The highest BCUT2D eigenvalue weighted by Gasteiger charge is 2.35. The Kier molecular flexibility index (Phi) is 4.00.